The molecule has 1 N–H and O–H groups in total. The molecule has 1 rings (SSSR count). The topological polar surface area (TPSA) is 57.6 Å². The van der Waals surface area contributed by atoms with Crippen LogP contribution in [-0.4, -0.2) is 35.5 Å². The van der Waals surface area contributed by atoms with Gasteiger partial charge in [0.25, 0.3) is 0 Å². The zero-order valence-corrected chi connectivity index (χ0v) is 12.0. The van der Waals surface area contributed by atoms with Crippen molar-refractivity contribution in [1.82, 2.24) is 4.90 Å². The molecule has 19 heavy (non-hydrogen) atoms. The van der Waals surface area contributed by atoms with Crippen molar-refractivity contribution in [2.45, 2.75) is 39.0 Å². The quantitative estimate of drug-likeness (QED) is 0.569. The van der Waals surface area contributed by atoms with E-state index in [0.717, 1.165) is 19.3 Å². The summed E-state index contributed by atoms with van der Waals surface area (Å²) in [6, 6.07) is 0. The first kappa shape index (κ1) is 15.7. The second-order valence-electron chi connectivity index (χ2n) is 5.67. The van der Waals surface area contributed by atoms with Gasteiger partial charge in [-0.2, -0.15) is 0 Å². The maximum absolute atomic E-state index is 12.3. The highest BCUT2D eigenvalue weighted by Crippen LogP contribution is 2.37. The number of aliphatic carboxylic acids is 1. The van der Waals surface area contributed by atoms with Gasteiger partial charge in [0.05, 0.1) is 11.8 Å². The number of hydrogen-bond donors (Lipinski definition) is 1. The number of hydrogen-bond acceptors (Lipinski definition) is 2. The summed E-state index contributed by atoms with van der Waals surface area (Å²) in [6.07, 6.45) is 6.11. The number of carbonyl (C=O) groups is 2. The molecule has 0 spiro atoms. The zero-order valence-electron chi connectivity index (χ0n) is 12.0. The van der Waals surface area contributed by atoms with E-state index < -0.39 is 11.9 Å². The summed E-state index contributed by atoms with van der Waals surface area (Å²) in [4.78, 5) is 25.2. The fourth-order valence-electron chi connectivity index (χ4n) is 2.87. The maximum Gasteiger partial charge on any atom is 0.307 e. The van der Waals surface area contributed by atoms with Gasteiger partial charge in [0.1, 0.15) is 0 Å². The lowest BCUT2D eigenvalue weighted by Gasteiger charge is -2.23. The average molecular weight is 267 g/mol. The number of carbonyl (C=O) groups excluding carboxylic acids is 1. The lowest BCUT2D eigenvalue weighted by molar-refractivity contribution is -0.148. The third kappa shape index (κ3) is 4.37. The molecule has 0 aromatic rings. The van der Waals surface area contributed by atoms with Gasteiger partial charge in [-0.3, -0.25) is 9.59 Å². The molecule has 4 heteroatoms. The van der Waals surface area contributed by atoms with Crippen molar-refractivity contribution < 1.29 is 14.7 Å². The zero-order chi connectivity index (χ0) is 14.4. The molecule has 4 nitrogen and oxygen atoms in total. The first-order chi connectivity index (χ1) is 8.97. The minimum absolute atomic E-state index is 0.00430. The second kappa shape index (κ2) is 7.31. The predicted octanol–water partition coefficient (Wildman–Crippen LogP) is 2.55. The molecule has 1 aliphatic carbocycles. The molecular weight excluding hydrogens is 242 g/mol. The summed E-state index contributed by atoms with van der Waals surface area (Å²) in [6.45, 7) is 6.39. The van der Waals surface area contributed by atoms with Crippen LogP contribution in [0.2, 0.25) is 0 Å². The molecule has 1 saturated carbocycles. The highest BCUT2D eigenvalue weighted by atomic mass is 16.4. The molecule has 3 atom stereocenters. The molecule has 0 heterocycles. The van der Waals surface area contributed by atoms with Gasteiger partial charge >= 0.3 is 5.97 Å². The second-order valence-corrected chi connectivity index (χ2v) is 5.67. The number of unbranched alkanes of at least 4 members (excludes halogenated alkanes) is 2. The van der Waals surface area contributed by atoms with Crippen molar-refractivity contribution in [2.24, 2.45) is 17.8 Å². The molecule has 108 valence electrons. The van der Waals surface area contributed by atoms with Crippen molar-refractivity contribution >= 4 is 11.9 Å². The van der Waals surface area contributed by atoms with Crippen LogP contribution in [0.5, 0.6) is 0 Å². The molecule has 1 amide bonds. The van der Waals surface area contributed by atoms with E-state index >= 15 is 0 Å². The van der Waals surface area contributed by atoms with E-state index in [4.69, 9.17) is 0 Å². The van der Waals surface area contributed by atoms with Gasteiger partial charge < -0.3 is 10.0 Å². The van der Waals surface area contributed by atoms with Crippen molar-refractivity contribution in [3.63, 3.8) is 0 Å². The molecule has 0 aromatic carbocycles. The standard InChI is InChI=1S/C15H25NO3/c1-4-5-6-7-8-16(3)14(17)12-9-11(2)10-13(12)15(18)19/h4,11-13H,1,5-10H2,2-3H3,(H,18,19)/t11-,12-,13-/m1/s1. The van der Waals surface area contributed by atoms with Gasteiger partial charge in [-0.15, -0.1) is 6.58 Å². The highest BCUT2D eigenvalue weighted by Gasteiger charge is 2.42. The van der Waals surface area contributed by atoms with E-state index in [1.54, 1.807) is 11.9 Å². The Balaban J connectivity index is 2.50. The molecular formula is C15H25NO3. The lowest BCUT2D eigenvalue weighted by atomic mass is 9.95. The lowest BCUT2D eigenvalue weighted by Crippen LogP contribution is -2.37. The Labute approximate surface area is 115 Å². The third-order valence-corrected chi connectivity index (χ3v) is 3.96. The van der Waals surface area contributed by atoms with E-state index in [1.807, 2.05) is 13.0 Å². The molecule has 0 aromatic heterocycles. The van der Waals surface area contributed by atoms with Crippen LogP contribution in [-0.2, 0) is 9.59 Å². The van der Waals surface area contributed by atoms with Gasteiger partial charge in [-0.1, -0.05) is 13.0 Å². The van der Waals surface area contributed by atoms with Gasteiger partial charge in [0, 0.05) is 13.6 Å². The number of carboxylic acids is 1. The molecule has 0 unspecified atom stereocenters. The molecule has 0 bridgehead atoms. The molecule has 1 aliphatic rings. The van der Waals surface area contributed by atoms with Crippen molar-refractivity contribution in [1.29, 1.82) is 0 Å². The third-order valence-electron chi connectivity index (χ3n) is 3.96. The SMILES string of the molecule is C=CCCCCN(C)C(=O)[C@@H]1C[C@@H](C)C[C@H]1C(=O)O. The largest absolute Gasteiger partial charge is 0.481 e. The molecule has 0 radical (unpaired) electrons. The first-order valence-electron chi connectivity index (χ1n) is 7.06. The Morgan fingerprint density at radius 3 is 2.53 bits per heavy atom. The fourth-order valence-corrected chi connectivity index (χ4v) is 2.87. The van der Waals surface area contributed by atoms with Crippen molar-refractivity contribution in [3.8, 4) is 0 Å². The normalized spacial score (nSPS) is 26.1. The Morgan fingerprint density at radius 1 is 1.32 bits per heavy atom. The monoisotopic (exact) mass is 267 g/mol. The summed E-state index contributed by atoms with van der Waals surface area (Å²) in [5, 5.41) is 9.20. The van der Waals surface area contributed by atoms with Crippen LogP contribution >= 0.6 is 0 Å². The Hall–Kier alpha value is -1.32. The average Bonchev–Trinajstić information content (AvgIpc) is 2.75. The van der Waals surface area contributed by atoms with Crippen molar-refractivity contribution in [3.05, 3.63) is 12.7 Å². The fraction of sp³-hybridized carbons (Fsp3) is 0.733. The summed E-state index contributed by atoms with van der Waals surface area (Å²) in [5.74, 6) is -1.35. The van der Waals surface area contributed by atoms with Crippen LogP contribution in [0.25, 0.3) is 0 Å². The van der Waals surface area contributed by atoms with E-state index in [0.29, 0.717) is 25.3 Å². The molecule has 1 fully saturated rings. The van der Waals surface area contributed by atoms with E-state index in [2.05, 4.69) is 6.58 Å². The van der Waals surface area contributed by atoms with Gasteiger partial charge in [-0.25, -0.2) is 0 Å². The minimum Gasteiger partial charge on any atom is -0.481 e. The van der Waals surface area contributed by atoms with Gasteiger partial charge in [0.2, 0.25) is 5.91 Å². The summed E-state index contributed by atoms with van der Waals surface area (Å²) < 4.78 is 0. The Kier molecular flexibility index (Phi) is 6.06. The number of rotatable bonds is 7. The maximum atomic E-state index is 12.3. The van der Waals surface area contributed by atoms with Crippen LogP contribution in [0.1, 0.15) is 39.0 Å². The van der Waals surface area contributed by atoms with Crippen LogP contribution in [0, 0.1) is 17.8 Å². The van der Waals surface area contributed by atoms with Crippen molar-refractivity contribution in [2.75, 3.05) is 13.6 Å². The van der Waals surface area contributed by atoms with Gasteiger partial charge in [-0.05, 0) is 38.0 Å². The molecule has 0 saturated heterocycles. The Morgan fingerprint density at radius 2 is 1.95 bits per heavy atom. The molecule has 0 aliphatic heterocycles. The van der Waals surface area contributed by atoms with Gasteiger partial charge in [0.15, 0.2) is 0 Å². The van der Waals surface area contributed by atoms with Crippen LogP contribution in [0.4, 0.5) is 0 Å². The first-order valence-corrected chi connectivity index (χ1v) is 7.06. The smallest absolute Gasteiger partial charge is 0.307 e. The number of nitrogens with zero attached hydrogens (tertiary/aromatic N) is 1. The van der Waals surface area contributed by atoms with Crippen LogP contribution < -0.4 is 0 Å². The van der Waals surface area contributed by atoms with E-state index in [1.165, 1.54) is 0 Å². The number of carboxylic acid groups (broad SMARTS) is 1. The summed E-state index contributed by atoms with van der Waals surface area (Å²) in [7, 11) is 1.78. The highest BCUT2D eigenvalue weighted by molar-refractivity contribution is 5.85. The minimum atomic E-state index is -0.831. The summed E-state index contributed by atoms with van der Waals surface area (Å²) >= 11 is 0. The van der Waals surface area contributed by atoms with Crippen LogP contribution in [0.3, 0.4) is 0 Å². The Bertz CT molecular complexity index is 340. The summed E-state index contributed by atoms with van der Waals surface area (Å²) in [5.41, 5.74) is 0. The predicted molar refractivity (Wildman–Crippen MR) is 74.7 cm³/mol. The van der Waals surface area contributed by atoms with E-state index in [-0.39, 0.29) is 11.8 Å². The number of allylic oxidation sites excluding steroid dienone is 1. The van der Waals surface area contributed by atoms with Crippen LogP contribution in [0.15, 0.2) is 12.7 Å². The van der Waals surface area contributed by atoms with E-state index in [9.17, 15) is 14.7 Å². The number of amides is 1.